The molecule has 0 aromatic rings. The van der Waals surface area contributed by atoms with Crippen molar-refractivity contribution in [3.63, 3.8) is 0 Å². The molecule has 0 atom stereocenters. The highest BCUT2D eigenvalue weighted by atomic mass is 14.1. The molecule has 0 N–H and O–H groups in total. The lowest BCUT2D eigenvalue weighted by atomic mass is 9.95. The first-order chi connectivity index (χ1) is 5.93. The van der Waals surface area contributed by atoms with Crippen molar-refractivity contribution in [2.24, 2.45) is 0 Å². The van der Waals surface area contributed by atoms with Crippen molar-refractivity contribution in [2.45, 2.75) is 51.4 Å². The fraction of sp³-hybridized carbons (Fsp3) is 0.667. The zero-order valence-electron chi connectivity index (χ0n) is 8.02. The van der Waals surface area contributed by atoms with Gasteiger partial charge in [-0.15, -0.1) is 6.58 Å². The van der Waals surface area contributed by atoms with E-state index >= 15 is 0 Å². The summed E-state index contributed by atoms with van der Waals surface area (Å²) in [4.78, 5) is 0. The molecule has 68 valence electrons. The molecule has 1 rings (SSSR count). The lowest BCUT2D eigenvalue weighted by Gasteiger charge is -2.11. The van der Waals surface area contributed by atoms with Crippen LogP contribution >= 0.6 is 0 Å². The zero-order valence-corrected chi connectivity index (χ0v) is 8.02. The van der Waals surface area contributed by atoms with E-state index in [2.05, 4.69) is 12.7 Å². The average molecular weight is 164 g/mol. The minimum atomic E-state index is 1.19. The van der Waals surface area contributed by atoms with Crippen LogP contribution in [0.15, 0.2) is 24.3 Å². The first-order valence-corrected chi connectivity index (χ1v) is 5.22. The van der Waals surface area contributed by atoms with Gasteiger partial charge in [-0.05, 0) is 51.4 Å². The Hall–Kier alpha value is -0.520. The molecule has 0 aliphatic heterocycles. The molecule has 0 radical (unpaired) electrons. The molecule has 0 saturated heterocycles. The molecule has 0 heterocycles. The third kappa shape index (κ3) is 3.75. The molecular formula is C12H20. The summed E-state index contributed by atoms with van der Waals surface area (Å²) in [5.41, 5.74) is 1.71. The van der Waals surface area contributed by atoms with Gasteiger partial charge in [0.15, 0.2) is 0 Å². The van der Waals surface area contributed by atoms with Gasteiger partial charge in [0.2, 0.25) is 0 Å². The van der Waals surface area contributed by atoms with Crippen LogP contribution in [0.4, 0.5) is 0 Å². The van der Waals surface area contributed by atoms with Crippen LogP contribution in [0.1, 0.15) is 51.4 Å². The van der Waals surface area contributed by atoms with Crippen LogP contribution in [0, 0.1) is 0 Å². The summed E-state index contributed by atoms with van der Waals surface area (Å²) >= 11 is 0. The fourth-order valence-corrected chi connectivity index (χ4v) is 1.77. The summed E-state index contributed by atoms with van der Waals surface area (Å²) in [5.74, 6) is 0. The van der Waals surface area contributed by atoms with Gasteiger partial charge in [-0.3, -0.25) is 0 Å². The quantitative estimate of drug-likeness (QED) is 0.421. The van der Waals surface area contributed by atoms with Crippen LogP contribution < -0.4 is 0 Å². The van der Waals surface area contributed by atoms with Crippen LogP contribution in [0.5, 0.6) is 0 Å². The van der Waals surface area contributed by atoms with Crippen LogP contribution in [0.3, 0.4) is 0 Å². The van der Waals surface area contributed by atoms with Crippen molar-refractivity contribution in [3.05, 3.63) is 24.3 Å². The standard InChI is InChI=1S/C12H20/c1-2-3-4-6-9-12-10-7-5-8-11-12/h2,10H,1,3-9,11H2. The van der Waals surface area contributed by atoms with Gasteiger partial charge >= 0.3 is 0 Å². The van der Waals surface area contributed by atoms with E-state index in [1.54, 1.807) is 5.57 Å². The van der Waals surface area contributed by atoms with Crippen LogP contribution in [0.25, 0.3) is 0 Å². The number of rotatable bonds is 5. The molecule has 1 aliphatic rings. The number of allylic oxidation sites excluding steroid dienone is 3. The Kier molecular flexibility index (Phi) is 4.82. The van der Waals surface area contributed by atoms with Crippen molar-refractivity contribution in [1.82, 2.24) is 0 Å². The van der Waals surface area contributed by atoms with E-state index in [4.69, 9.17) is 0 Å². The molecule has 0 aromatic heterocycles. The Morgan fingerprint density at radius 2 is 2.25 bits per heavy atom. The highest BCUT2D eigenvalue weighted by Crippen LogP contribution is 2.21. The number of unbranched alkanes of at least 4 members (excludes halogenated alkanes) is 2. The molecule has 0 saturated carbocycles. The monoisotopic (exact) mass is 164 g/mol. The summed E-state index contributed by atoms with van der Waals surface area (Å²) in [5, 5.41) is 0. The summed E-state index contributed by atoms with van der Waals surface area (Å²) in [6.45, 7) is 3.73. The average Bonchev–Trinajstić information content (AvgIpc) is 2.14. The maximum atomic E-state index is 3.73. The highest BCUT2D eigenvalue weighted by Gasteiger charge is 2.02. The third-order valence-electron chi connectivity index (χ3n) is 2.54. The maximum Gasteiger partial charge on any atom is -0.0320 e. The van der Waals surface area contributed by atoms with Gasteiger partial charge in [-0.25, -0.2) is 0 Å². The summed E-state index contributed by atoms with van der Waals surface area (Å²) in [6.07, 6.45) is 15.2. The van der Waals surface area contributed by atoms with E-state index in [0.29, 0.717) is 0 Å². The molecule has 0 unspecified atom stereocenters. The smallest absolute Gasteiger partial charge is 0.0320 e. The Labute approximate surface area is 76.4 Å². The normalized spacial score (nSPS) is 17.2. The van der Waals surface area contributed by atoms with Gasteiger partial charge in [0.1, 0.15) is 0 Å². The predicted octanol–water partition coefficient (Wildman–Crippen LogP) is 4.23. The Morgan fingerprint density at radius 1 is 1.33 bits per heavy atom. The van der Waals surface area contributed by atoms with Gasteiger partial charge in [0.05, 0.1) is 0 Å². The predicted molar refractivity (Wildman–Crippen MR) is 55.2 cm³/mol. The Balaban J connectivity index is 2.05. The number of hydrogen-bond acceptors (Lipinski definition) is 0. The lowest BCUT2D eigenvalue weighted by Crippen LogP contribution is -1.91. The second-order valence-electron chi connectivity index (χ2n) is 3.64. The minimum absolute atomic E-state index is 1.19. The molecule has 0 aromatic carbocycles. The van der Waals surface area contributed by atoms with Crippen LogP contribution in [0.2, 0.25) is 0 Å². The minimum Gasteiger partial charge on any atom is -0.103 e. The molecule has 0 nitrogen and oxygen atoms in total. The van der Waals surface area contributed by atoms with Crippen LogP contribution in [-0.4, -0.2) is 0 Å². The second kappa shape index (κ2) is 6.05. The van der Waals surface area contributed by atoms with Gasteiger partial charge in [-0.2, -0.15) is 0 Å². The zero-order chi connectivity index (χ0) is 8.65. The molecule has 1 aliphatic carbocycles. The van der Waals surface area contributed by atoms with Crippen molar-refractivity contribution >= 4 is 0 Å². The fourth-order valence-electron chi connectivity index (χ4n) is 1.77. The van der Waals surface area contributed by atoms with Gasteiger partial charge in [0.25, 0.3) is 0 Å². The summed E-state index contributed by atoms with van der Waals surface area (Å²) in [6, 6.07) is 0. The maximum absolute atomic E-state index is 3.73. The van der Waals surface area contributed by atoms with Gasteiger partial charge < -0.3 is 0 Å². The molecule has 12 heavy (non-hydrogen) atoms. The lowest BCUT2D eigenvalue weighted by molar-refractivity contribution is 0.646. The van der Waals surface area contributed by atoms with Crippen molar-refractivity contribution in [2.75, 3.05) is 0 Å². The second-order valence-corrected chi connectivity index (χ2v) is 3.64. The molecular weight excluding hydrogens is 144 g/mol. The van der Waals surface area contributed by atoms with Crippen molar-refractivity contribution in [3.8, 4) is 0 Å². The van der Waals surface area contributed by atoms with E-state index in [9.17, 15) is 0 Å². The van der Waals surface area contributed by atoms with Crippen molar-refractivity contribution in [1.29, 1.82) is 0 Å². The molecule has 0 fully saturated rings. The molecule has 0 bridgehead atoms. The van der Waals surface area contributed by atoms with E-state index in [-0.39, 0.29) is 0 Å². The first kappa shape index (κ1) is 9.57. The first-order valence-electron chi connectivity index (χ1n) is 5.22. The van der Waals surface area contributed by atoms with E-state index in [1.807, 2.05) is 6.08 Å². The number of hydrogen-bond donors (Lipinski definition) is 0. The topological polar surface area (TPSA) is 0 Å². The molecule has 0 amide bonds. The van der Waals surface area contributed by atoms with Gasteiger partial charge in [-0.1, -0.05) is 17.7 Å². The molecule has 0 heteroatoms. The third-order valence-corrected chi connectivity index (χ3v) is 2.54. The van der Waals surface area contributed by atoms with Gasteiger partial charge in [0, 0.05) is 0 Å². The Morgan fingerprint density at radius 3 is 2.92 bits per heavy atom. The molecule has 0 spiro atoms. The van der Waals surface area contributed by atoms with Crippen molar-refractivity contribution < 1.29 is 0 Å². The summed E-state index contributed by atoms with van der Waals surface area (Å²) < 4.78 is 0. The Bertz CT molecular complexity index is 153. The largest absolute Gasteiger partial charge is 0.103 e. The van der Waals surface area contributed by atoms with E-state index < -0.39 is 0 Å². The SMILES string of the molecule is C=CCCCCC1=CCCCC1. The summed E-state index contributed by atoms with van der Waals surface area (Å²) in [7, 11) is 0. The van der Waals surface area contributed by atoms with E-state index in [1.165, 1.54) is 51.4 Å². The van der Waals surface area contributed by atoms with E-state index in [0.717, 1.165) is 0 Å². The highest BCUT2D eigenvalue weighted by molar-refractivity contribution is 5.04. The van der Waals surface area contributed by atoms with Crippen LogP contribution in [-0.2, 0) is 0 Å².